The number of anilines is 1. The molecule has 0 amide bonds. The van der Waals surface area contributed by atoms with Crippen molar-refractivity contribution in [2.45, 2.75) is 33.7 Å². The third-order valence-corrected chi connectivity index (χ3v) is 5.39. The van der Waals surface area contributed by atoms with E-state index in [9.17, 15) is 0 Å². The van der Waals surface area contributed by atoms with E-state index >= 15 is 0 Å². The number of rotatable bonds is 7. The maximum Gasteiger partial charge on any atom is 0.205 e. The molecule has 160 valence electrons. The lowest BCUT2D eigenvalue weighted by Gasteiger charge is -2.36. The Bertz CT molecular complexity index is 776. The van der Waals surface area contributed by atoms with Crippen LogP contribution in [0, 0.1) is 0 Å². The molecule has 1 aliphatic heterocycles. The first kappa shape index (κ1) is 23.7. The number of ether oxygens (including phenoxy) is 1. The average molecular weight is 530 g/mol. The Morgan fingerprint density at radius 2 is 2.00 bits per heavy atom. The van der Waals surface area contributed by atoms with Crippen LogP contribution >= 0.6 is 35.5 Å². The second kappa shape index (κ2) is 12.2. The van der Waals surface area contributed by atoms with Crippen LogP contribution < -0.4 is 15.0 Å². The van der Waals surface area contributed by atoms with E-state index in [4.69, 9.17) is 9.73 Å². The first-order chi connectivity index (χ1) is 13.7. The van der Waals surface area contributed by atoms with E-state index in [1.807, 2.05) is 19.1 Å². The Morgan fingerprint density at radius 1 is 1.21 bits per heavy atom. The van der Waals surface area contributed by atoms with Gasteiger partial charge in [0.25, 0.3) is 0 Å². The summed E-state index contributed by atoms with van der Waals surface area (Å²) in [6.07, 6.45) is 0.887. The molecule has 3 rings (SSSR count). The molecule has 0 bridgehead atoms. The second-order valence-corrected chi connectivity index (χ2v) is 7.30. The van der Waals surface area contributed by atoms with Gasteiger partial charge in [0.15, 0.2) is 5.96 Å². The van der Waals surface area contributed by atoms with Crippen LogP contribution in [0.2, 0.25) is 0 Å². The molecule has 7 nitrogen and oxygen atoms in total. The van der Waals surface area contributed by atoms with Crippen molar-refractivity contribution in [3.63, 3.8) is 0 Å². The molecule has 1 N–H and O–H groups in total. The van der Waals surface area contributed by atoms with Crippen molar-refractivity contribution in [1.82, 2.24) is 19.6 Å². The largest absolute Gasteiger partial charge is 0.494 e. The van der Waals surface area contributed by atoms with Gasteiger partial charge in [-0.15, -0.1) is 24.0 Å². The summed E-state index contributed by atoms with van der Waals surface area (Å²) in [5.74, 6) is 2.81. The van der Waals surface area contributed by atoms with Crippen molar-refractivity contribution in [3.8, 4) is 5.75 Å². The monoisotopic (exact) mass is 530 g/mol. The summed E-state index contributed by atoms with van der Waals surface area (Å²) in [5, 5.41) is 4.46. The van der Waals surface area contributed by atoms with Crippen LogP contribution in [0.4, 0.5) is 5.13 Å². The topological polar surface area (TPSA) is 65.9 Å². The molecule has 1 fully saturated rings. The van der Waals surface area contributed by atoms with Crippen LogP contribution in [0.3, 0.4) is 0 Å². The molecule has 2 heterocycles. The van der Waals surface area contributed by atoms with Gasteiger partial charge in [0.2, 0.25) is 5.13 Å². The number of hydrogen-bond donors (Lipinski definition) is 1. The number of aryl methyl sites for hydroxylation is 1. The smallest absolute Gasteiger partial charge is 0.205 e. The molecule has 1 aromatic carbocycles. The molecule has 2 aromatic rings. The minimum Gasteiger partial charge on any atom is -0.494 e. The first-order valence-electron chi connectivity index (χ1n) is 10.1. The predicted octanol–water partition coefficient (Wildman–Crippen LogP) is 3.40. The van der Waals surface area contributed by atoms with Gasteiger partial charge in [0, 0.05) is 50.7 Å². The van der Waals surface area contributed by atoms with Crippen molar-refractivity contribution < 1.29 is 4.74 Å². The number of aliphatic imine (C=N–C) groups is 1. The SMILES string of the molecule is CCNC(=NCc1cccc(OCC)c1)N1CCN(c2nc(CC)ns2)CC1.I. The van der Waals surface area contributed by atoms with Gasteiger partial charge < -0.3 is 19.9 Å². The number of benzene rings is 1. The molecule has 0 radical (unpaired) electrons. The van der Waals surface area contributed by atoms with Gasteiger partial charge in [-0.2, -0.15) is 4.37 Å². The van der Waals surface area contributed by atoms with Crippen LogP contribution in [0.5, 0.6) is 5.75 Å². The summed E-state index contributed by atoms with van der Waals surface area (Å²) in [5.41, 5.74) is 1.15. The van der Waals surface area contributed by atoms with Gasteiger partial charge in [-0.3, -0.25) is 0 Å². The molecular weight excluding hydrogens is 499 g/mol. The normalized spacial score (nSPS) is 14.5. The summed E-state index contributed by atoms with van der Waals surface area (Å²) < 4.78 is 10.00. The van der Waals surface area contributed by atoms with E-state index in [-0.39, 0.29) is 24.0 Å². The number of aromatic nitrogens is 2. The maximum absolute atomic E-state index is 5.59. The zero-order valence-corrected chi connectivity index (χ0v) is 20.6. The van der Waals surface area contributed by atoms with Crippen LogP contribution in [-0.2, 0) is 13.0 Å². The summed E-state index contributed by atoms with van der Waals surface area (Å²) >= 11 is 1.50. The number of piperazine rings is 1. The maximum atomic E-state index is 5.59. The fraction of sp³-hybridized carbons (Fsp3) is 0.550. The molecule has 9 heteroatoms. The molecule has 0 atom stereocenters. The lowest BCUT2D eigenvalue weighted by Crippen LogP contribution is -2.52. The zero-order chi connectivity index (χ0) is 19.8. The third-order valence-electron chi connectivity index (χ3n) is 4.58. The van der Waals surface area contributed by atoms with E-state index in [0.29, 0.717) is 13.2 Å². The average Bonchev–Trinajstić information content (AvgIpc) is 3.21. The molecule has 1 saturated heterocycles. The van der Waals surface area contributed by atoms with E-state index in [1.165, 1.54) is 11.5 Å². The summed E-state index contributed by atoms with van der Waals surface area (Å²) in [4.78, 5) is 14.1. The van der Waals surface area contributed by atoms with Crippen molar-refractivity contribution in [2.24, 2.45) is 4.99 Å². The number of halogens is 1. The van der Waals surface area contributed by atoms with Gasteiger partial charge in [-0.25, -0.2) is 9.98 Å². The third kappa shape index (κ3) is 6.70. The summed E-state index contributed by atoms with van der Waals surface area (Å²) in [7, 11) is 0. The highest BCUT2D eigenvalue weighted by atomic mass is 127. The second-order valence-electron chi connectivity index (χ2n) is 6.57. The minimum absolute atomic E-state index is 0. The minimum atomic E-state index is 0. The van der Waals surface area contributed by atoms with Gasteiger partial charge in [-0.1, -0.05) is 19.1 Å². The number of nitrogens with zero attached hydrogens (tertiary/aromatic N) is 5. The molecule has 1 aliphatic rings. The van der Waals surface area contributed by atoms with Gasteiger partial charge >= 0.3 is 0 Å². The standard InChI is InChI=1S/C20H30N6OS.HI/c1-4-18-23-20(28-24-18)26-12-10-25(11-13-26)19(21-5-2)22-15-16-8-7-9-17(14-16)27-6-3;/h7-9,14H,4-6,10-13,15H2,1-3H3,(H,21,22);1H. The summed E-state index contributed by atoms with van der Waals surface area (Å²) in [6.45, 7) is 12.1. The Hall–Kier alpha value is -1.62. The highest BCUT2D eigenvalue weighted by molar-refractivity contribution is 14.0. The zero-order valence-electron chi connectivity index (χ0n) is 17.4. The molecule has 0 aliphatic carbocycles. The predicted molar refractivity (Wildman–Crippen MR) is 131 cm³/mol. The fourth-order valence-corrected chi connectivity index (χ4v) is 3.92. The fourth-order valence-electron chi connectivity index (χ4n) is 3.12. The quantitative estimate of drug-likeness (QED) is 0.337. The Morgan fingerprint density at radius 3 is 2.66 bits per heavy atom. The van der Waals surface area contributed by atoms with Crippen LogP contribution in [0.1, 0.15) is 32.2 Å². The van der Waals surface area contributed by atoms with Crippen LogP contribution in [0.25, 0.3) is 0 Å². The molecule has 1 aromatic heterocycles. The van der Waals surface area contributed by atoms with Gasteiger partial charge in [0.05, 0.1) is 13.2 Å². The van der Waals surface area contributed by atoms with E-state index in [0.717, 1.165) is 67.4 Å². The van der Waals surface area contributed by atoms with Crippen LogP contribution in [-0.4, -0.2) is 59.5 Å². The van der Waals surface area contributed by atoms with Crippen molar-refractivity contribution in [3.05, 3.63) is 35.7 Å². The Labute approximate surface area is 194 Å². The lowest BCUT2D eigenvalue weighted by atomic mass is 10.2. The van der Waals surface area contributed by atoms with Gasteiger partial charge in [-0.05, 0) is 31.5 Å². The first-order valence-corrected chi connectivity index (χ1v) is 10.8. The van der Waals surface area contributed by atoms with E-state index in [2.05, 4.69) is 50.5 Å². The van der Waals surface area contributed by atoms with E-state index in [1.54, 1.807) is 0 Å². The highest BCUT2D eigenvalue weighted by Crippen LogP contribution is 2.19. The van der Waals surface area contributed by atoms with Crippen molar-refractivity contribution in [2.75, 3.05) is 44.2 Å². The molecular formula is C20H31IN6OS. The van der Waals surface area contributed by atoms with E-state index < -0.39 is 0 Å². The Balaban J connectivity index is 0.00000300. The van der Waals surface area contributed by atoms with Crippen LogP contribution in [0.15, 0.2) is 29.3 Å². The molecule has 29 heavy (non-hydrogen) atoms. The van der Waals surface area contributed by atoms with Crippen molar-refractivity contribution in [1.29, 1.82) is 0 Å². The summed E-state index contributed by atoms with van der Waals surface area (Å²) in [6, 6.07) is 8.16. The van der Waals surface area contributed by atoms with Gasteiger partial charge in [0.1, 0.15) is 11.6 Å². The van der Waals surface area contributed by atoms with Crippen molar-refractivity contribution >= 4 is 46.6 Å². The number of guanidine groups is 1. The molecule has 0 spiro atoms. The Kier molecular flexibility index (Phi) is 9.92. The molecule has 0 unspecified atom stereocenters. The lowest BCUT2D eigenvalue weighted by molar-refractivity contribution is 0.340. The molecule has 0 saturated carbocycles. The number of hydrogen-bond acceptors (Lipinski definition) is 6. The number of nitrogens with one attached hydrogen (secondary N) is 1. The highest BCUT2D eigenvalue weighted by Gasteiger charge is 2.22.